The summed E-state index contributed by atoms with van der Waals surface area (Å²) in [5.74, 6) is 0.668. The second-order valence-corrected chi connectivity index (χ2v) is 5.36. The van der Waals surface area contributed by atoms with Gasteiger partial charge in [-0.1, -0.05) is 20.3 Å². The normalized spacial score (nSPS) is 12.9. The average Bonchev–Trinajstić information content (AvgIpc) is 2.82. The lowest BCUT2D eigenvalue weighted by atomic mass is 10.1. The lowest BCUT2D eigenvalue weighted by Crippen LogP contribution is -2.18. The van der Waals surface area contributed by atoms with Gasteiger partial charge in [-0.25, -0.2) is 4.98 Å². The van der Waals surface area contributed by atoms with Gasteiger partial charge in [0.2, 0.25) is 0 Å². The first-order valence-corrected chi connectivity index (χ1v) is 7.38. The predicted octanol–water partition coefficient (Wildman–Crippen LogP) is 2.82. The largest absolute Gasteiger partial charge is 0.383 e. The molecule has 0 radical (unpaired) electrons. The van der Waals surface area contributed by atoms with Gasteiger partial charge in [-0.15, -0.1) is 0 Å². The molecule has 110 valence electrons. The zero-order chi connectivity index (χ0) is 14.4. The molecule has 2 aromatic rings. The van der Waals surface area contributed by atoms with E-state index in [1.807, 2.05) is 12.3 Å². The lowest BCUT2D eigenvalue weighted by molar-refractivity contribution is 0.199. The molecule has 20 heavy (non-hydrogen) atoms. The molecule has 0 aliphatic heterocycles. The van der Waals surface area contributed by atoms with Gasteiger partial charge >= 0.3 is 0 Å². The molecule has 0 aliphatic rings. The van der Waals surface area contributed by atoms with Crippen LogP contribution < -0.4 is 5.32 Å². The third-order valence-electron chi connectivity index (χ3n) is 3.72. The minimum atomic E-state index is 0.668. The van der Waals surface area contributed by atoms with Crippen molar-refractivity contribution in [1.29, 1.82) is 0 Å². The molecule has 0 bridgehead atoms. The van der Waals surface area contributed by atoms with Crippen molar-refractivity contribution in [1.82, 2.24) is 14.9 Å². The Morgan fingerprint density at radius 2 is 2.30 bits per heavy atom. The van der Waals surface area contributed by atoms with Gasteiger partial charge in [-0.3, -0.25) is 0 Å². The Morgan fingerprint density at radius 3 is 3.05 bits per heavy atom. The lowest BCUT2D eigenvalue weighted by Gasteiger charge is -2.10. The topological polar surface area (TPSA) is 39.1 Å². The van der Waals surface area contributed by atoms with Crippen molar-refractivity contribution in [3.8, 4) is 0 Å². The minimum Gasteiger partial charge on any atom is -0.383 e. The maximum atomic E-state index is 5.06. The summed E-state index contributed by atoms with van der Waals surface area (Å²) in [5.41, 5.74) is 2.41. The highest BCUT2D eigenvalue weighted by Crippen LogP contribution is 2.21. The summed E-state index contributed by atoms with van der Waals surface area (Å²) in [5, 5.41) is 4.66. The molecule has 0 aliphatic carbocycles. The number of hydrogen-bond donors (Lipinski definition) is 1. The highest BCUT2D eigenvalue weighted by Gasteiger charge is 2.10. The highest BCUT2D eigenvalue weighted by atomic mass is 16.5. The number of nitrogens with one attached hydrogen (secondary N) is 1. The van der Waals surface area contributed by atoms with Crippen molar-refractivity contribution < 1.29 is 4.74 Å². The third kappa shape index (κ3) is 3.58. The van der Waals surface area contributed by atoms with Crippen molar-refractivity contribution in [3.63, 3.8) is 0 Å². The Labute approximate surface area is 121 Å². The van der Waals surface area contributed by atoms with Crippen LogP contribution in [0.25, 0.3) is 11.0 Å². The van der Waals surface area contributed by atoms with E-state index in [9.17, 15) is 0 Å². The van der Waals surface area contributed by atoms with Crippen LogP contribution in [-0.4, -0.2) is 29.8 Å². The van der Waals surface area contributed by atoms with Crippen LogP contribution in [0.15, 0.2) is 24.5 Å². The molecule has 2 rings (SSSR count). The molecule has 1 N–H and O–H groups in total. The molecular formula is C16H25N3O. The number of rotatable bonds is 8. The zero-order valence-electron chi connectivity index (χ0n) is 12.7. The van der Waals surface area contributed by atoms with E-state index in [0.717, 1.165) is 31.9 Å². The molecule has 2 heterocycles. The zero-order valence-corrected chi connectivity index (χ0v) is 12.7. The Morgan fingerprint density at radius 1 is 1.45 bits per heavy atom. The first-order valence-electron chi connectivity index (χ1n) is 7.38. The van der Waals surface area contributed by atoms with E-state index in [4.69, 9.17) is 4.74 Å². The Balaban J connectivity index is 2.17. The van der Waals surface area contributed by atoms with E-state index in [1.54, 1.807) is 7.11 Å². The van der Waals surface area contributed by atoms with E-state index in [2.05, 4.69) is 41.0 Å². The molecule has 4 heteroatoms. The summed E-state index contributed by atoms with van der Waals surface area (Å²) in [6.45, 7) is 8.02. The molecule has 1 atom stereocenters. The second kappa shape index (κ2) is 7.41. The summed E-state index contributed by atoms with van der Waals surface area (Å²) in [6.07, 6.45) is 5.30. The SMILES string of the molecule is CCC(C)Cn1cc(CNCCOC)c2cccnc21. The van der Waals surface area contributed by atoms with Crippen LogP contribution in [0.1, 0.15) is 25.8 Å². The van der Waals surface area contributed by atoms with Crippen LogP contribution in [0.5, 0.6) is 0 Å². The molecule has 0 fully saturated rings. The second-order valence-electron chi connectivity index (χ2n) is 5.36. The third-order valence-corrected chi connectivity index (χ3v) is 3.72. The van der Waals surface area contributed by atoms with Gasteiger partial charge in [0.1, 0.15) is 5.65 Å². The molecule has 4 nitrogen and oxygen atoms in total. The Hall–Kier alpha value is -1.39. The van der Waals surface area contributed by atoms with E-state index < -0.39 is 0 Å². The van der Waals surface area contributed by atoms with E-state index in [0.29, 0.717) is 5.92 Å². The van der Waals surface area contributed by atoms with Crippen LogP contribution in [0.4, 0.5) is 0 Å². The van der Waals surface area contributed by atoms with Crippen LogP contribution in [0.2, 0.25) is 0 Å². The fourth-order valence-electron chi connectivity index (χ4n) is 2.34. The highest BCUT2D eigenvalue weighted by molar-refractivity contribution is 5.80. The molecule has 2 aromatic heterocycles. The summed E-state index contributed by atoms with van der Waals surface area (Å²) < 4.78 is 7.35. The van der Waals surface area contributed by atoms with Crippen molar-refractivity contribution in [2.75, 3.05) is 20.3 Å². The van der Waals surface area contributed by atoms with Gasteiger partial charge in [-0.2, -0.15) is 0 Å². The summed E-state index contributed by atoms with van der Waals surface area (Å²) in [4.78, 5) is 4.54. The molecule has 0 saturated carbocycles. The van der Waals surface area contributed by atoms with Gasteiger partial charge in [0.05, 0.1) is 6.61 Å². The van der Waals surface area contributed by atoms with Crippen molar-refractivity contribution >= 4 is 11.0 Å². The predicted molar refractivity (Wildman–Crippen MR) is 82.8 cm³/mol. The molecule has 0 aromatic carbocycles. The Bertz CT molecular complexity index is 536. The number of aromatic nitrogens is 2. The van der Waals surface area contributed by atoms with Crippen LogP contribution in [0.3, 0.4) is 0 Å². The number of nitrogens with zero attached hydrogens (tertiary/aromatic N) is 2. The fourth-order valence-corrected chi connectivity index (χ4v) is 2.34. The number of pyridine rings is 1. The first kappa shape index (κ1) is 15.0. The van der Waals surface area contributed by atoms with Crippen LogP contribution in [0, 0.1) is 5.92 Å². The molecule has 0 saturated heterocycles. The monoisotopic (exact) mass is 275 g/mol. The fraction of sp³-hybridized carbons (Fsp3) is 0.562. The quantitative estimate of drug-likeness (QED) is 0.753. The molecule has 1 unspecified atom stereocenters. The number of ether oxygens (including phenoxy) is 1. The van der Waals surface area contributed by atoms with Gasteiger partial charge in [0.25, 0.3) is 0 Å². The number of methoxy groups -OCH3 is 1. The smallest absolute Gasteiger partial charge is 0.140 e. The van der Waals surface area contributed by atoms with Gasteiger partial charge < -0.3 is 14.6 Å². The number of hydrogen-bond acceptors (Lipinski definition) is 3. The number of fused-ring (bicyclic) bond motifs is 1. The van der Waals surface area contributed by atoms with Crippen LogP contribution in [-0.2, 0) is 17.8 Å². The van der Waals surface area contributed by atoms with Gasteiger partial charge in [0, 0.05) is 44.5 Å². The van der Waals surface area contributed by atoms with Crippen molar-refractivity contribution in [2.24, 2.45) is 5.92 Å². The first-order chi connectivity index (χ1) is 9.76. The Kier molecular flexibility index (Phi) is 5.56. The average molecular weight is 275 g/mol. The van der Waals surface area contributed by atoms with Crippen LogP contribution >= 0.6 is 0 Å². The summed E-state index contributed by atoms with van der Waals surface area (Å²) >= 11 is 0. The molecule has 0 spiro atoms. The van der Waals surface area contributed by atoms with Crippen molar-refractivity contribution in [2.45, 2.75) is 33.4 Å². The van der Waals surface area contributed by atoms with E-state index in [1.165, 1.54) is 17.4 Å². The molecule has 0 amide bonds. The van der Waals surface area contributed by atoms with Gasteiger partial charge in [0.15, 0.2) is 0 Å². The molecular weight excluding hydrogens is 250 g/mol. The van der Waals surface area contributed by atoms with E-state index in [-0.39, 0.29) is 0 Å². The van der Waals surface area contributed by atoms with Gasteiger partial charge in [-0.05, 0) is 23.6 Å². The maximum Gasteiger partial charge on any atom is 0.140 e. The summed E-state index contributed by atoms with van der Waals surface area (Å²) in [7, 11) is 1.73. The van der Waals surface area contributed by atoms with Crippen molar-refractivity contribution in [3.05, 3.63) is 30.1 Å². The van der Waals surface area contributed by atoms with E-state index >= 15 is 0 Å². The maximum absolute atomic E-state index is 5.06. The summed E-state index contributed by atoms with van der Waals surface area (Å²) in [6, 6.07) is 4.16. The standard InChI is InChI=1S/C16H25N3O/c1-4-13(2)11-19-12-14(10-17-8-9-20-3)15-6-5-7-18-16(15)19/h5-7,12-13,17H,4,8-11H2,1-3H3. The minimum absolute atomic E-state index is 0.668.